The highest BCUT2D eigenvalue weighted by molar-refractivity contribution is 9.13. The quantitative estimate of drug-likeness (QED) is 0.644. The Hall–Kier alpha value is 0.610. The summed E-state index contributed by atoms with van der Waals surface area (Å²) in [5.41, 5.74) is 0. The molecule has 96 valence electrons. The Balaban J connectivity index is 2.70. The number of amides is 1. The van der Waals surface area contributed by atoms with Gasteiger partial charge in [-0.15, -0.1) is 11.3 Å². The van der Waals surface area contributed by atoms with Crippen LogP contribution in [-0.2, 0) is 0 Å². The lowest BCUT2D eigenvalue weighted by Gasteiger charge is -2.21. The summed E-state index contributed by atoms with van der Waals surface area (Å²) < 4.78 is 1.87. The molecule has 1 aromatic rings. The number of thiophene rings is 1. The summed E-state index contributed by atoms with van der Waals surface area (Å²) in [7, 11) is 0. The van der Waals surface area contributed by atoms with E-state index in [1.165, 1.54) is 11.3 Å². The third-order valence-electron chi connectivity index (χ3n) is 2.41. The van der Waals surface area contributed by atoms with Gasteiger partial charge in [-0.05, 0) is 50.3 Å². The third-order valence-corrected chi connectivity index (χ3v) is 6.12. The van der Waals surface area contributed by atoms with Crippen molar-refractivity contribution in [2.24, 2.45) is 5.92 Å². The first-order valence-electron chi connectivity index (χ1n) is 5.27. The maximum Gasteiger partial charge on any atom is 0.261 e. The first-order valence-corrected chi connectivity index (χ1v) is 8.79. The molecule has 1 amide bonds. The molecule has 17 heavy (non-hydrogen) atoms. The van der Waals surface area contributed by atoms with Gasteiger partial charge in [-0.25, -0.2) is 0 Å². The largest absolute Gasteiger partial charge is 0.348 e. The van der Waals surface area contributed by atoms with Crippen LogP contribution in [0.15, 0.2) is 14.3 Å². The molecule has 0 fully saturated rings. The summed E-state index contributed by atoms with van der Waals surface area (Å²) >= 11 is 11.6. The predicted molar refractivity (Wildman–Crippen MR) is 84.2 cm³/mol. The summed E-state index contributed by atoms with van der Waals surface area (Å²) in [5.74, 6) is 0.435. The van der Waals surface area contributed by atoms with Crippen LogP contribution in [-0.4, -0.2) is 17.3 Å². The minimum atomic E-state index is 0.000972. The summed E-state index contributed by atoms with van der Waals surface area (Å²) in [6, 6.07) is 2.05. The fraction of sp³-hybridized carbons (Fsp3) is 0.545. The van der Waals surface area contributed by atoms with E-state index in [-0.39, 0.29) is 11.9 Å². The lowest BCUT2D eigenvalue weighted by atomic mass is 10.0. The number of alkyl halides is 1. The molecule has 1 atom stereocenters. The van der Waals surface area contributed by atoms with Crippen molar-refractivity contribution >= 4 is 65.0 Å². The van der Waals surface area contributed by atoms with Gasteiger partial charge in [0.25, 0.3) is 5.91 Å². The Labute approximate surface area is 131 Å². The van der Waals surface area contributed by atoms with Crippen molar-refractivity contribution in [1.29, 1.82) is 0 Å². The topological polar surface area (TPSA) is 29.1 Å². The lowest BCUT2D eigenvalue weighted by Crippen LogP contribution is -2.38. The Bertz CT molecular complexity index is 373. The van der Waals surface area contributed by atoms with Gasteiger partial charge in [-0.3, -0.25) is 4.79 Å². The number of rotatable bonds is 5. The molecule has 0 aliphatic rings. The number of nitrogens with one attached hydrogen (secondary N) is 1. The molecule has 2 nitrogen and oxygen atoms in total. The molecule has 0 aliphatic heterocycles. The highest BCUT2D eigenvalue weighted by atomic mass is 79.9. The molecule has 0 bridgehead atoms. The fourth-order valence-corrected chi connectivity index (χ4v) is 3.82. The van der Waals surface area contributed by atoms with Crippen molar-refractivity contribution in [1.82, 2.24) is 5.32 Å². The molecule has 0 radical (unpaired) electrons. The van der Waals surface area contributed by atoms with Crippen molar-refractivity contribution in [2.45, 2.75) is 26.3 Å². The van der Waals surface area contributed by atoms with E-state index in [0.717, 1.165) is 24.9 Å². The minimum Gasteiger partial charge on any atom is -0.348 e. The van der Waals surface area contributed by atoms with Crippen molar-refractivity contribution in [3.05, 3.63) is 19.2 Å². The summed E-state index contributed by atoms with van der Waals surface area (Å²) in [6.07, 6.45) is 0.942. The number of hydrogen-bond acceptors (Lipinski definition) is 2. The van der Waals surface area contributed by atoms with Gasteiger partial charge in [-0.1, -0.05) is 29.8 Å². The second kappa shape index (κ2) is 7.26. The SMILES string of the molecule is CC(C)C(CCBr)NC(=O)c1cc(Br)c(Br)s1. The van der Waals surface area contributed by atoms with Crippen LogP contribution < -0.4 is 5.32 Å². The monoisotopic (exact) mass is 445 g/mol. The van der Waals surface area contributed by atoms with Crippen LogP contribution in [0.1, 0.15) is 29.9 Å². The average molecular weight is 448 g/mol. The molecule has 1 heterocycles. The minimum absolute atomic E-state index is 0.000972. The van der Waals surface area contributed by atoms with Gasteiger partial charge < -0.3 is 5.32 Å². The van der Waals surface area contributed by atoms with Crippen LogP contribution in [0.2, 0.25) is 0 Å². The standard InChI is InChI=1S/C11H14Br3NOS/c1-6(2)8(3-4-12)15-11(16)9-5-7(13)10(14)17-9/h5-6,8H,3-4H2,1-2H3,(H,15,16). The number of hydrogen-bond donors (Lipinski definition) is 1. The third kappa shape index (κ3) is 4.65. The van der Waals surface area contributed by atoms with Crippen LogP contribution in [0, 0.1) is 5.92 Å². The Morgan fingerprint density at radius 3 is 2.53 bits per heavy atom. The van der Waals surface area contributed by atoms with Gasteiger partial charge in [0.1, 0.15) is 0 Å². The van der Waals surface area contributed by atoms with E-state index in [1.807, 2.05) is 6.07 Å². The van der Waals surface area contributed by atoms with E-state index in [4.69, 9.17) is 0 Å². The number of halogens is 3. The molecule has 0 aliphatic carbocycles. The van der Waals surface area contributed by atoms with E-state index in [2.05, 4.69) is 67.0 Å². The van der Waals surface area contributed by atoms with Crippen LogP contribution in [0.3, 0.4) is 0 Å². The van der Waals surface area contributed by atoms with Crippen LogP contribution in [0.5, 0.6) is 0 Å². The molecule has 6 heteroatoms. The van der Waals surface area contributed by atoms with E-state index >= 15 is 0 Å². The Morgan fingerprint density at radius 2 is 2.12 bits per heavy atom. The van der Waals surface area contributed by atoms with E-state index in [0.29, 0.717) is 5.92 Å². The maximum atomic E-state index is 12.0. The van der Waals surface area contributed by atoms with Crippen LogP contribution in [0.25, 0.3) is 0 Å². The van der Waals surface area contributed by atoms with Crippen molar-refractivity contribution in [3.63, 3.8) is 0 Å². The summed E-state index contributed by atoms with van der Waals surface area (Å²) in [6.45, 7) is 4.24. The van der Waals surface area contributed by atoms with Gasteiger partial charge in [-0.2, -0.15) is 0 Å². The Morgan fingerprint density at radius 1 is 1.47 bits per heavy atom. The highest BCUT2D eigenvalue weighted by Gasteiger charge is 2.18. The van der Waals surface area contributed by atoms with Crippen molar-refractivity contribution in [2.75, 3.05) is 5.33 Å². The van der Waals surface area contributed by atoms with Gasteiger partial charge in [0.2, 0.25) is 0 Å². The molecule has 0 aromatic carbocycles. The fourth-order valence-electron chi connectivity index (χ4n) is 1.39. The van der Waals surface area contributed by atoms with Crippen molar-refractivity contribution < 1.29 is 4.79 Å². The number of carbonyl (C=O) groups excluding carboxylic acids is 1. The second-order valence-electron chi connectivity index (χ2n) is 4.03. The Kier molecular flexibility index (Phi) is 6.69. The zero-order valence-corrected chi connectivity index (χ0v) is 15.2. The molecule has 1 rings (SSSR count). The summed E-state index contributed by atoms with van der Waals surface area (Å²) in [4.78, 5) is 12.8. The molecule has 1 N–H and O–H groups in total. The van der Waals surface area contributed by atoms with Gasteiger partial charge in [0, 0.05) is 15.8 Å². The van der Waals surface area contributed by atoms with Gasteiger partial charge in [0.05, 0.1) is 8.66 Å². The molecular weight excluding hydrogens is 434 g/mol. The van der Waals surface area contributed by atoms with Gasteiger partial charge >= 0.3 is 0 Å². The van der Waals surface area contributed by atoms with Crippen LogP contribution >= 0.6 is 59.1 Å². The first kappa shape index (κ1) is 15.7. The predicted octanol–water partition coefficient (Wildman–Crippen LogP) is 4.81. The molecule has 0 saturated carbocycles. The molecule has 0 saturated heterocycles. The zero-order valence-electron chi connectivity index (χ0n) is 9.60. The van der Waals surface area contributed by atoms with E-state index in [9.17, 15) is 4.79 Å². The number of carbonyl (C=O) groups is 1. The lowest BCUT2D eigenvalue weighted by molar-refractivity contribution is 0.0929. The average Bonchev–Trinajstić information content (AvgIpc) is 2.58. The van der Waals surface area contributed by atoms with E-state index < -0.39 is 0 Å². The molecule has 1 unspecified atom stereocenters. The molecular formula is C11H14Br3NOS. The second-order valence-corrected chi connectivity index (χ2v) is 8.05. The zero-order chi connectivity index (χ0) is 13.0. The smallest absolute Gasteiger partial charge is 0.261 e. The molecule has 1 aromatic heterocycles. The maximum absolute atomic E-state index is 12.0. The first-order chi connectivity index (χ1) is 7.95. The highest BCUT2D eigenvalue weighted by Crippen LogP contribution is 2.32. The van der Waals surface area contributed by atoms with Crippen molar-refractivity contribution in [3.8, 4) is 0 Å². The molecule has 0 spiro atoms. The van der Waals surface area contributed by atoms with Crippen LogP contribution in [0.4, 0.5) is 0 Å². The summed E-state index contributed by atoms with van der Waals surface area (Å²) in [5, 5.41) is 3.97. The van der Waals surface area contributed by atoms with E-state index in [1.54, 1.807) is 0 Å². The van der Waals surface area contributed by atoms with Gasteiger partial charge in [0.15, 0.2) is 0 Å². The normalized spacial score (nSPS) is 12.8.